The van der Waals surface area contributed by atoms with Crippen molar-refractivity contribution in [1.29, 1.82) is 0 Å². The molecule has 1 amide bonds. The molecule has 1 fully saturated rings. The minimum absolute atomic E-state index is 0.0235. The van der Waals surface area contributed by atoms with Gasteiger partial charge in [0.15, 0.2) is 11.5 Å². The molecule has 3 rings (SSSR count). The summed E-state index contributed by atoms with van der Waals surface area (Å²) >= 11 is 3.50. The summed E-state index contributed by atoms with van der Waals surface area (Å²) in [6.07, 6.45) is 4.35. The van der Waals surface area contributed by atoms with Crippen molar-refractivity contribution in [1.82, 2.24) is 14.9 Å². The van der Waals surface area contributed by atoms with Crippen molar-refractivity contribution >= 4 is 27.8 Å². The lowest BCUT2D eigenvalue weighted by Crippen LogP contribution is -2.49. The first-order valence-electron chi connectivity index (χ1n) is 8.95. The van der Waals surface area contributed by atoms with Crippen LogP contribution in [-0.2, 0) is 0 Å². The molecule has 0 unspecified atom stereocenters. The minimum Gasteiger partial charge on any atom is -0.493 e. The van der Waals surface area contributed by atoms with Gasteiger partial charge in [0.1, 0.15) is 0 Å². The fraction of sp³-hybridized carbons (Fsp3) is 0.421. The number of methoxy groups -OCH3 is 1. The number of hydrogen-bond donors (Lipinski definition) is 0. The number of ether oxygens (including phenoxy) is 2. The molecule has 0 bridgehead atoms. The van der Waals surface area contributed by atoms with Gasteiger partial charge < -0.3 is 19.3 Å². The van der Waals surface area contributed by atoms with Crippen LogP contribution >= 0.6 is 15.9 Å². The molecule has 144 valence electrons. The standard InChI is InChI=1S/C19H23BrN4O3/c1-3-11-27-17-15(20)12-14(13-16(17)26-2)18(25)23-7-9-24(10-8-23)19-21-5-4-6-22-19/h4-6,12-13H,3,7-11H2,1-2H3. The quantitative estimate of drug-likeness (QED) is 0.695. The Hall–Kier alpha value is -2.35. The number of rotatable bonds is 6. The van der Waals surface area contributed by atoms with Crippen molar-refractivity contribution in [2.45, 2.75) is 13.3 Å². The summed E-state index contributed by atoms with van der Waals surface area (Å²) in [5.41, 5.74) is 0.576. The molecule has 1 aliphatic heterocycles. The van der Waals surface area contributed by atoms with E-state index in [1.54, 1.807) is 37.7 Å². The van der Waals surface area contributed by atoms with Gasteiger partial charge in [0.2, 0.25) is 5.95 Å². The van der Waals surface area contributed by atoms with Crippen molar-refractivity contribution in [3.8, 4) is 11.5 Å². The Morgan fingerprint density at radius 2 is 1.89 bits per heavy atom. The topological polar surface area (TPSA) is 67.8 Å². The van der Waals surface area contributed by atoms with E-state index >= 15 is 0 Å². The van der Waals surface area contributed by atoms with Crippen LogP contribution in [0.2, 0.25) is 0 Å². The second kappa shape index (κ2) is 9.03. The Balaban J connectivity index is 1.70. The molecular formula is C19H23BrN4O3. The summed E-state index contributed by atoms with van der Waals surface area (Å²) in [5, 5.41) is 0. The Kier molecular flexibility index (Phi) is 6.49. The zero-order valence-corrected chi connectivity index (χ0v) is 17.1. The number of aromatic nitrogens is 2. The van der Waals surface area contributed by atoms with Gasteiger partial charge in [0.05, 0.1) is 18.2 Å². The van der Waals surface area contributed by atoms with Gasteiger partial charge in [-0.05, 0) is 40.5 Å². The molecule has 0 radical (unpaired) electrons. The third-order valence-corrected chi connectivity index (χ3v) is 4.92. The van der Waals surface area contributed by atoms with Crippen LogP contribution in [0.1, 0.15) is 23.7 Å². The molecule has 1 aliphatic rings. The summed E-state index contributed by atoms with van der Waals surface area (Å²) < 4.78 is 11.9. The van der Waals surface area contributed by atoms with Gasteiger partial charge in [-0.15, -0.1) is 0 Å². The van der Waals surface area contributed by atoms with Gasteiger partial charge in [-0.3, -0.25) is 4.79 Å². The highest BCUT2D eigenvalue weighted by atomic mass is 79.9. The van der Waals surface area contributed by atoms with Crippen molar-refractivity contribution in [2.24, 2.45) is 0 Å². The molecule has 7 nitrogen and oxygen atoms in total. The summed E-state index contributed by atoms with van der Waals surface area (Å²) in [6.45, 7) is 5.26. The molecule has 1 aromatic carbocycles. The fourth-order valence-corrected chi connectivity index (χ4v) is 3.49. The second-order valence-electron chi connectivity index (χ2n) is 6.17. The Morgan fingerprint density at radius 1 is 1.19 bits per heavy atom. The summed E-state index contributed by atoms with van der Waals surface area (Å²) in [5.74, 6) is 1.86. The third kappa shape index (κ3) is 4.50. The molecule has 1 aromatic heterocycles. The van der Waals surface area contributed by atoms with Crippen molar-refractivity contribution in [3.05, 3.63) is 40.6 Å². The maximum Gasteiger partial charge on any atom is 0.254 e. The fourth-order valence-electron chi connectivity index (χ4n) is 2.93. The number of benzene rings is 1. The maximum absolute atomic E-state index is 12.9. The number of amides is 1. The first-order chi connectivity index (χ1) is 13.1. The van der Waals surface area contributed by atoms with Gasteiger partial charge >= 0.3 is 0 Å². The molecule has 0 saturated carbocycles. The lowest BCUT2D eigenvalue weighted by molar-refractivity contribution is 0.0745. The normalized spacial score (nSPS) is 14.2. The minimum atomic E-state index is -0.0235. The highest BCUT2D eigenvalue weighted by Crippen LogP contribution is 2.37. The van der Waals surface area contributed by atoms with Crippen LogP contribution in [0.4, 0.5) is 5.95 Å². The predicted octanol–water partition coefficient (Wildman–Crippen LogP) is 3.00. The van der Waals surface area contributed by atoms with E-state index in [9.17, 15) is 4.79 Å². The van der Waals surface area contributed by atoms with Gasteiger partial charge in [-0.25, -0.2) is 9.97 Å². The number of anilines is 1. The van der Waals surface area contributed by atoms with Gasteiger partial charge in [0.25, 0.3) is 5.91 Å². The number of hydrogen-bond acceptors (Lipinski definition) is 6. The molecule has 1 saturated heterocycles. The number of carbonyl (C=O) groups is 1. The van der Waals surface area contributed by atoms with Crippen molar-refractivity contribution in [3.63, 3.8) is 0 Å². The first-order valence-corrected chi connectivity index (χ1v) is 9.75. The summed E-state index contributed by atoms with van der Waals surface area (Å²) in [7, 11) is 1.58. The SMILES string of the molecule is CCCOc1c(Br)cc(C(=O)N2CCN(c3ncccn3)CC2)cc1OC. The van der Waals surface area contributed by atoms with E-state index in [4.69, 9.17) is 9.47 Å². The first kappa shape index (κ1) is 19.4. The number of nitrogens with zero attached hydrogens (tertiary/aromatic N) is 4. The molecule has 8 heteroatoms. The van der Waals surface area contributed by atoms with Gasteiger partial charge in [0, 0.05) is 44.1 Å². The van der Waals surface area contributed by atoms with Crippen molar-refractivity contribution < 1.29 is 14.3 Å². The average Bonchev–Trinajstić information content (AvgIpc) is 2.72. The lowest BCUT2D eigenvalue weighted by atomic mass is 10.1. The average molecular weight is 435 g/mol. The molecule has 0 aliphatic carbocycles. The molecule has 0 atom stereocenters. The largest absolute Gasteiger partial charge is 0.493 e. The van der Waals surface area contributed by atoms with Crippen LogP contribution < -0.4 is 14.4 Å². The van der Waals surface area contributed by atoms with E-state index in [-0.39, 0.29) is 5.91 Å². The van der Waals surface area contributed by atoms with E-state index in [0.29, 0.717) is 55.8 Å². The lowest BCUT2D eigenvalue weighted by Gasteiger charge is -2.34. The number of carbonyl (C=O) groups excluding carboxylic acids is 1. The molecule has 0 spiro atoms. The monoisotopic (exact) mass is 434 g/mol. The van der Waals surface area contributed by atoms with Crippen LogP contribution in [0.15, 0.2) is 35.1 Å². The zero-order chi connectivity index (χ0) is 19.2. The van der Waals surface area contributed by atoms with E-state index < -0.39 is 0 Å². The number of piperazine rings is 1. The third-order valence-electron chi connectivity index (χ3n) is 4.33. The van der Waals surface area contributed by atoms with Crippen LogP contribution in [0.3, 0.4) is 0 Å². The highest BCUT2D eigenvalue weighted by molar-refractivity contribution is 9.10. The molecule has 27 heavy (non-hydrogen) atoms. The van der Waals surface area contributed by atoms with E-state index in [2.05, 4.69) is 30.8 Å². The van der Waals surface area contributed by atoms with Gasteiger partial charge in [-0.1, -0.05) is 6.92 Å². The van der Waals surface area contributed by atoms with Crippen LogP contribution in [0, 0.1) is 0 Å². The summed E-state index contributed by atoms with van der Waals surface area (Å²) in [6, 6.07) is 5.33. The number of halogens is 1. The second-order valence-corrected chi connectivity index (χ2v) is 7.02. The van der Waals surface area contributed by atoms with Crippen molar-refractivity contribution in [2.75, 3.05) is 44.8 Å². The Labute approximate surface area is 167 Å². The Bertz CT molecular complexity index is 780. The highest BCUT2D eigenvalue weighted by Gasteiger charge is 2.25. The molecule has 0 N–H and O–H groups in total. The summed E-state index contributed by atoms with van der Waals surface area (Å²) in [4.78, 5) is 25.4. The molecule has 2 aromatic rings. The van der Waals surface area contributed by atoms with Gasteiger partial charge in [-0.2, -0.15) is 0 Å². The zero-order valence-electron chi connectivity index (χ0n) is 15.5. The molecular weight excluding hydrogens is 412 g/mol. The predicted molar refractivity (Wildman–Crippen MR) is 107 cm³/mol. The Morgan fingerprint density at radius 3 is 2.52 bits per heavy atom. The van der Waals surface area contributed by atoms with Crippen LogP contribution in [0.5, 0.6) is 11.5 Å². The van der Waals surface area contributed by atoms with Crippen LogP contribution in [0.25, 0.3) is 0 Å². The van der Waals surface area contributed by atoms with E-state index in [0.717, 1.165) is 10.9 Å². The van der Waals surface area contributed by atoms with E-state index in [1.165, 1.54) is 0 Å². The molecule has 2 heterocycles. The smallest absolute Gasteiger partial charge is 0.254 e. The maximum atomic E-state index is 12.9. The van der Waals surface area contributed by atoms with Crippen LogP contribution in [-0.4, -0.2) is 60.7 Å². The van der Waals surface area contributed by atoms with E-state index in [1.807, 2.05) is 11.8 Å².